The maximum Gasteiger partial charge on any atom is 0.223 e. The van der Waals surface area contributed by atoms with E-state index < -0.39 is 0 Å². The number of benzene rings is 1. The molecule has 4 heteroatoms. The summed E-state index contributed by atoms with van der Waals surface area (Å²) in [4.78, 5) is 13.9. The van der Waals surface area contributed by atoms with Crippen molar-refractivity contribution in [3.63, 3.8) is 0 Å². The van der Waals surface area contributed by atoms with Crippen molar-refractivity contribution >= 4 is 5.91 Å². The molecule has 2 rings (SSSR count). The Bertz CT molecular complexity index is 475. The summed E-state index contributed by atoms with van der Waals surface area (Å²) >= 11 is 0. The lowest BCUT2D eigenvalue weighted by atomic mass is 9.95. The van der Waals surface area contributed by atoms with Crippen molar-refractivity contribution < 1.29 is 9.18 Å². The summed E-state index contributed by atoms with van der Waals surface area (Å²) in [5, 5.41) is 0. The lowest BCUT2D eigenvalue weighted by molar-refractivity contribution is -0.133. The first-order chi connectivity index (χ1) is 9.04. The summed E-state index contributed by atoms with van der Waals surface area (Å²) in [6.45, 7) is 4.33. The highest BCUT2D eigenvalue weighted by Gasteiger charge is 2.31. The first kappa shape index (κ1) is 14.0. The molecule has 1 aromatic rings. The zero-order valence-corrected chi connectivity index (χ0v) is 11.5. The molecule has 1 fully saturated rings. The molecule has 0 bridgehead atoms. The maximum atomic E-state index is 13.4. The first-order valence-electron chi connectivity index (χ1n) is 6.85. The van der Waals surface area contributed by atoms with E-state index >= 15 is 0 Å². The monoisotopic (exact) mass is 264 g/mol. The van der Waals surface area contributed by atoms with Crippen LogP contribution in [-0.4, -0.2) is 23.4 Å². The van der Waals surface area contributed by atoms with Gasteiger partial charge in [0.2, 0.25) is 5.91 Å². The third-order valence-corrected chi connectivity index (χ3v) is 3.85. The Morgan fingerprint density at radius 3 is 2.84 bits per heavy atom. The molecular weight excluding hydrogens is 243 g/mol. The second-order valence-electron chi connectivity index (χ2n) is 5.19. The molecule has 1 amide bonds. The standard InChI is InChI=1S/C15H21FN2O/c1-3-18-14(19)6-4-5-13(17)15(18)11-7-8-12(16)10(2)9-11/h7-9,13,15H,3-6,17H2,1-2H3. The molecule has 1 aromatic carbocycles. The fraction of sp³-hybridized carbons (Fsp3) is 0.533. The number of amides is 1. The molecule has 1 heterocycles. The summed E-state index contributed by atoms with van der Waals surface area (Å²) in [5.74, 6) is -0.0808. The predicted octanol–water partition coefficient (Wildman–Crippen LogP) is 2.53. The van der Waals surface area contributed by atoms with E-state index in [2.05, 4.69) is 0 Å². The zero-order valence-electron chi connectivity index (χ0n) is 11.5. The minimum atomic E-state index is -0.222. The van der Waals surface area contributed by atoms with Gasteiger partial charge in [-0.3, -0.25) is 4.79 Å². The van der Waals surface area contributed by atoms with E-state index in [-0.39, 0.29) is 23.8 Å². The zero-order chi connectivity index (χ0) is 14.0. The molecule has 0 spiro atoms. The molecule has 2 N–H and O–H groups in total. The van der Waals surface area contributed by atoms with E-state index in [1.54, 1.807) is 19.1 Å². The van der Waals surface area contributed by atoms with E-state index in [0.29, 0.717) is 18.5 Å². The van der Waals surface area contributed by atoms with Gasteiger partial charge in [0.25, 0.3) is 0 Å². The van der Waals surface area contributed by atoms with Gasteiger partial charge in [0.1, 0.15) is 5.82 Å². The van der Waals surface area contributed by atoms with Crippen molar-refractivity contribution in [3.05, 3.63) is 35.1 Å². The summed E-state index contributed by atoms with van der Waals surface area (Å²) in [5.41, 5.74) is 7.77. The van der Waals surface area contributed by atoms with Crippen LogP contribution in [-0.2, 0) is 4.79 Å². The molecule has 2 atom stereocenters. The normalized spacial score (nSPS) is 24.4. The second kappa shape index (κ2) is 5.70. The lowest BCUT2D eigenvalue weighted by Crippen LogP contribution is -2.42. The van der Waals surface area contributed by atoms with Crippen LogP contribution in [0.15, 0.2) is 18.2 Å². The van der Waals surface area contributed by atoms with E-state index in [4.69, 9.17) is 5.73 Å². The SMILES string of the molecule is CCN1C(=O)CCCC(N)C1c1ccc(F)c(C)c1. The number of aryl methyl sites for hydroxylation is 1. The number of rotatable bonds is 2. The van der Waals surface area contributed by atoms with Crippen LogP contribution in [0.25, 0.3) is 0 Å². The molecule has 2 unspecified atom stereocenters. The van der Waals surface area contributed by atoms with E-state index in [0.717, 1.165) is 18.4 Å². The average molecular weight is 264 g/mol. The number of likely N-dealkylation sites (N-methyl/N-ethyl adjacent to an activating group) is 1. The Balaban J connectivity index is 2.41. The Morgan fingerprint density at radius 2 is 2.21 bits per heavy atom. The number of carbonyl (C=O) groups excluding carboxylic acids is 1. The molecule has 19 heavy (non-hydrogen) atoms. The molecule has 0 saturated carbocycles. The van der Waals surface area contributed by atoms with Crippen molar-refractivity contribution in [1.82, 2.24) is 4.90 Å². The van der Waals surface area contributed by atoms with Gasteiger partial charge in [-0.25, -0.2) is 4.39 Å². The Labute approximate surface area is 113 Å². The van der Waals surface area contributed by atoms with Crippen LogP contribution in [0.4, 0.5) is 4.39 Å². The molecule has 0 aliphatic carbocycles. The minimum absolute atomic E-state index is 0.0868. The number of nitrogens with two attached hydrogens (primary N) is 1. The predicted molar refractivity (Wildman–Crippen MR) is 73.1 cm³/mol. The van der Waals surface area contributed by atoms with E-state index in [1.807, 2.05) is 11.8 Å². The number of carbonyl (C=O) groups is 1. The third-order valence-electron chi connectivity index (χ3n) is 3.85. The number of halogens is 1. The average Bonchev–Trinajstić information content (AvgIpc) is 2.52. The number of likely N-dealkylation sites (tertiary alicyclic amines) is 1. The van der Waals surface area contributed by atoms with Crippen LogP contribution >= 0.6 is 0 Å². The fourth-order valence-corrected chi connectivity index (χ4v) is 2.83. The maximum absolute atomic E-state index is 13.4. The Kier molecular flexibility index (Phi) is 4.20. The van der Waals surface area contributed by atoms with Crippen molar-refractivity contribution in [2.45, 2.75) is 45.2 Å². The van der Waals surface area contributed by atoms with Gasteiger partial charge in [-0.15, -0.1) is 0 Å². The van der Waals surface area contributed by atoms with Crippen LogP contribution in [0, 0.1) is 12.7 Å². The number of hydrogen-bond donors (Lipinski definition) is 1. The van der Waals surface area contributed by atoms with Gasteiger partial charge in [-0.2, -0.15) is 0 Å². The van der Waals surface area contributed by atoms with Gasteiger partial charge in [0.15, 0.2) is 0 Å². The van der Waals surface area contributed by atoms with Crippen LogP contribution in [0.5, 0.6) is 0 Å². The summed E-state index contributed by atoms with van der Waals surface area (Å²) in [7, 11) is 0. The molecule has 0 radical (unpaired) electrons. The fourth-order valence-electron chi connectivity index (χ4n) is 2.83. The molecule has 0 aromatic heterocycles. The van der Waals surface area contributed by atoms with Gasteiger partial charge < -0.3 is 10.6 Å². The van der Waals surface area contributed by atoms with Gasteiger partial charge >= 0.3 is 0 Å². The molecule has 1 aliphatic rings. The number of nitrogens with zero attached hydrogens (tertiary/aromatic N) is 1. The molecule has 1 saturated heterocycles. The largest absolute Gasteiger partial charge is 0.334 e. The quantitative estimate of drug-likeness (QED) is 0.892. The smallest absolute Gasteiger partial charge is 0.223 e. The van der Waals surface area contributed by atoms with E-state index in [1.165, 1.54) is 6.07 Å². The van der Waals surface area contributed by atoms with Crippen molar-refractivity contribution in [2.75, 3.05) is 6.54 Å². The Hall–Kier alpha value is -1.42. The topological polar surface area (TPSA) is 46.3 Å². The molecular formula is C15H21FN2O. The van der Waals surface area contributed by atoms with Crippen LogP contribution < -0.4 is 5.73 Å². The Morgan fingerprint density at radius 1 is 1.47 bits per heavy atom. The number of hydrogen-bond acceptors (Lipinski definition) is 2. The van der Waals surface area contributed by atoms with Crippen molar-refractivity contribution in [3.8, 4) is 0 Å². The van der Waals surface area contributed by atoms with E-state index in [9.17, 15) is 9.18 Å². The van der Waals surface area contributed by atoms with Crippen molar-refractivity contribution in [1.29, 1.82) is 0 Å². The molecule has 3 nitrogen and oxygen atoms in total. The minimum Gasteiger partial charge on any atom is -0.334 e. The van der Waals surface area contributed by atoms with Crippen LogP contribution in [0.2, 0.25) is 0 Å². The highest BCUT2D eigenvalue weighted by Crippen LogP contribution is 2.30. The van der Waals surface area contributed by atoms with Gasteiger partial charge in [-0.05, 0) is 43.9 Å². The van der Waals surface area contributed by atoms with Gasteiger partial charge in [0, 0.05) is 19.0 Å². The highest BCUT2D eigenvalue weighted by atomic mass is 19.1. The van der Waals surface area contributed by atoms with Gasteiger partial charge in [0.05, 0.1) is 6.04 Å². The van der Waals surface area contributed by atoms with Crippen LogP contribution in [0.3, 0.4) is 0 Å². The molecule has 1 aliphatic heterocycles. The second-order valence-corrected chi connectivity index (χ2v) is 5.19. The first-order valence-corrected chi connectivity index (χ1v) is 6.85. The third kappa shape index (κ3) is 2.78. The molecule has 104 valence electrons. The van der Waals surface area contributed by atoms with Gasteiger partial charge in [-0.1, -0.05) is 12.1 Å². The summed E-state index contributed by atoms with van der Waals surface area (Å²) in [6.07, 6.45) is 2.20. The van der Waals surface area contributed by atoms with Crippen molar-refractivity contribution in [2.24, 2.45) is 5.73 Å². The lowest BCUT2D eigenvalue weighted by Gasteiger charge is -2.33. The summed E-state index contributed by atoms with van der Waals surface area (Å²) < 4.78 is 13.4. The highest BCUT2D eigenvalue weighted by molar-refractivity contribution is 5.77. The summed E-state index contributed by atoms with van der Waals surface area (Å²) in [6, 6.07) is 4.78. The van der Waals surface area contributed by atoms with Crippen LogP contribution in [0.1, 0.15) is 43.4 Å².